The predicted molar refractivity (Wildman–Crippen MR) is 28.6 cm³/mol. The third-order valence-corrected chi connectivity index (χ3v) is 0.827. The first-order chi connectivity index (χ1) is 2.50. The fraction of sp³-hybridized carbons (Fsp3) is 1.00. The monoisotopic (exact) mass is 283 g/mol. The van der Waals surface area contributed by atoms with Crippen molar-refractivity contribution in [1.29, 1.82) is 0 Å². The van der Waals surface area contributed by atoms with Crippen LogP contribution in [0.5, 0.6) is 0 Å². The van der Waals surface area contributed by atoms with Gasteiger partial charge in [-0.05, 0) is 12.8 Å². The van der Waals surface area contributed by atoms with Crippen molar-refractivity contribution in [3.05, 3.63) is 0 Å². The van der Waals surface area contributed by atoms with E-state index >= 15 is 0 Å². The topological polar surface area (TPSA) is 9.23 Å². The molecule has 0 radical (unpaired) electrons. The molecule has 0 amide bonds. The van der Waals surface area contributed by atoms with E-state index in [2.05, 4.69) is 0 Å². The van der Waals surface area contributed by atoms with Crippen molar-refractivity contribution >= 4 is 26.6 Å². The van der Waals surface area contributed by atoms with Crippen molar-refractivity contribution in [2.75, 3.05) is 13.2 Å². The first kappa shape index (κ1) is 6.86. The van der Waals surface area contributed by atoms with E-state index in [4.69, 9.17) is 4.74 Å². The van der Waals surface area contributed by atoms with Gasteiger partial charge in [0.1, 0.15) is 0 Å². The predicted octanol–water partition coefficient (Wildman–Crippen LogP) is -0.119. The summed E-state index contributed by atoms with van der Waals surface area (Å²) >= 11 is 0. The molecule has 1 heterocycles. The summed E-state index contributed by atoms with van der Waals surface area (Å²) in [6.45, 7) is 2.00. The molecule has 0 aromatic heterocycles. The van der Waals surface area contributed by atoms with E-state index in [1.165, 1.54) is 12.8 Å². The van der Waals surface area contributed by atoms with Crippen LogP contribution in [-0.4, -0.2) is 39.8 Å². The van der Waals surface area contributed by atoms with Gasteiger partial charge in [0, 0.05) is 13.2 Å². The Kier molecular flexibility index (Phi) is 4.60. The van der Waals surface area contributed by atoms with Gasteiger partial charge in [-0.25, -0.2) is 0 Å². The van der Waals surface area contributed by atoms with E-state index in [0.29, 0.717) is 0 Å². The molecule has 0 aromatic rings. The molecule has 0 atom stereocenters. The Morgan fingerprint density at radius 1 is 1.00 bits per heavy atom. The molecule has 2 heteroatoms. The van der Waals surface area contributed by atoms with Gasteiger partial charge in [-0.2, -0.15) is 0 Å². The third-order valence-electron chi connectivity index (χ3n) is 0.827. The zero-order valence-electron chi connectivity index (χ0n) is 3.74. The summed E-state index contributed by atoms with van der Waals surface area (Å²) in [6, 6.07) is 0. The van der Waals surface area contributed by atoms with Crippen LogP contribution in [0.1, 0.15) is 12.8 Å². The van der Waals surface area contributed by atoms with Crippen molar-refractivity contribution in [3.8, 4) is 0 Å². The molecule has 0 spiro atoms. The van der Waals surface area contributed by atoms with Gasteiger partial charge in [0.05, 0.1) is 0 Å². The molecule has 0 N–H and O–H groups in total. The summed E-state index contributed by atoms with van der Waals surface area (Å²) in [5.74, 6) is 0. The third kappa shape index (κ3) is 2.11. The summed E-state index contributed by atoms with van der Waals surface area (Å²) < 4.78 is 4.94. The van der Waals surface area contributed by atoms with Gasteiger partial charge in [0.2, 0.25) is 0 Å². The zero-order valence-corrected chi connectivity index (χ0v) is 7.62. The van der Waals surface area contributed by atoms with E-state index in [1.807, 2.05) is 0 Å². The molecule has 0 saturated carbocycles. The SMILES string of the molecule is C1CCOC1.[PoH2]. The molecule has 1 rings (SSSR count). The number of hydrogen-bond donors (Lipinski definition) is 0. The first-order valence-electron chi connectivity index (χ1n) is 2.08. The fourth-order valence-electron chi connectivity index (χ4n) is 0.510. The van der Waals surface area contributed by atoms with Crippen LogP contribution in [-0.2, 0) is 4.74 Å². The fourth-order valence-corrected chi connectivity index (χ4v) is 0.510. The van der Waals surface area contributed by atoms with Crippen LogP contribution in [0.2, 0.25) is 0 Å². The van der Waals surface area contributed by atoms with E-state index in [-0.39, 0.29) is 26.6 Å². The van der Waals surface area contributed by atoms with Crippen molar-refractivity contribution in [3.63, 3.8) is 0 Å². The summed E-state index contributed by atoms with van der Waals surface area (Å²) in [5.41, 5.74) is 0. The Morgan fingerprint density at radius 2 is 1.50 bits per heavy atom. The average molecular weight is 283 g/mol. The van der Waals surface area contributed by atoms with Gasteiger partial charge in [-0.15, -0.1) is 0 Å². The molecule has 38 valence electrons. The first-order valence-corrected chi connectivity index (χ1v) is 2.08. The van der Waals surface area contributed by atoms with Crippen molar-refractivity contribution in [1.82, 2.24) is 0 Å². The molecule has 1 aliphatic rings. The second-order valence-corrected chi connectivity index (χ2v) is 1.32. The molecule has 0 aliphatic carbocycles. The number of ether oxygens (including phenoxy) is 1. The second kappa shape index (κ2) is 4.03. The quantitative estimate of drug-likeness (QED) is 0.602. The standard InChI is InChI=1S/C4H8O.Po.2H/c1-2-4-5-3-1;;;/h1-4H2;;;. The second-order valence-electron chi connectivity index (χ2n) is 1.32. The molecular weight excluding hydrogens is 273 g/mol. The van der Waals surface area contributed by atoms with E-state index in [1.54, 1.807) is 0 Å². The Bertz CT molecular complexity index is 19.1. The molecule has 1 saturated heterocycles. The van der Waals surface area contributed by atoms with E-state index in [0.717, 1.165) is 13.2 Å². The Hall–Kier alpha value is 0.856. The Morgan fingerprint density at radius 3 is 1.67 bits per heavy atom. The van der Waals surface area contributed by atoms with Crippen molar-refractivity contribution < 1.29 is 4.74 Å². The number of rotatable bonds is 0. The number of hydrogen-bond acceptors (Lipinski definition) is 1. The van der Waals surface area contributed by atoms with Gasteiger partial charge < -0.3 is 4.74 Å². The van der Waals surface area contributed by atoms with Crippen LogP contribution in [0.4, 0.5) is 0 Å². The van der Waals surface area contributed by atoms with Crippen LogP contribution in [0.15, 0.2) is 0 Å². The normalized spacial score (nSPS) is 20.0. The van der Waals surface area contributed by atoms with Crippen molar-refractivity contribution in [2.24, 2.45) is 0 Å². The maximum atomic E-state index is 4.94. The van der Waals surface area contributed by atoms with Gasteiger partial charge in [-0.1, -0.05) is 0 Å². The average Bonchev–Trinajstić information content (AvgIpc) is 1.76. The minimum absolute atomic E-state index is 0. The van der Waals surface area contributed by atoms with Gasteiger partial charge in [-0.3, -0.25) is 0 Å². The van der Waals surface area contributed by atoms with Crippen LogP contribution in [0, 0.1) is 0 Å². The molecule has 0 aromatic carbocycles. The van der Waals surface area contributed by atoms with Gasteiger partial charge in [0.25, 0.3) is 0 Å². The zero-order chi connectivity index (χ0) is 3.54. The molecule has 1 nitrogen and oxygen atoms in total. The molecule has 1 aliphatic heterocycles. The minimum atomic E-state index is 0. The maximum absolute atomic E-state index is 4.94. The molecular formula is C4H10OPo. The summed E-state index contributed by atoms with van der Waals surface area (Å²) in [6.07, 6.45) is 2.56. The van der Waals surface area contributed by atoms with Crippen LogP contribution in [0.25, 0.3) is 0 Å². The van der Waals surface area contributed by atoms with Crippen LogP contribution in [0.3, 0.4) is 0 Å². The molecule has 0 bridgehead atoms. The Labute approximate surface area is 57.5 Å². The summed E-state index contributed by atoms with van der Waals surface area (Å²) in [5, 5.41) is 0. The van der Waals surface area contributed by atoms with Gasteiger partial charge in [0.15, 0.2) is 0 Å². The summed E-state index contributed by atoms with van der Waals surface area (Å²) in [4.78, 5) is 0. The van der Waals surface area contributed by atoms with E-state index in [9.17, 15) is 0 Å². The molecule has 1 fully saturated rings. The van der Waals surface area contributed by atoms with E-state index < -0.39 is 0 Å². The molecule has 6 heavy (non-hydrogen) atoms. The summed E-state index contributed by atoms with van der Waals surface area (Å²) in [7, 11) is 0. The van der Waals surface area contributed by atoms with Crippen LogP contribution < -0.4 is 0 Å². The van der Waals surface area contributed by atoms with Gasteiger partial charge >= 0.3 is 26.6 Å². The molecule has 0 unspecified atom stereocenters. The van der Waals surface area contributed by atoms with Crippen molar-refractivity contribution in [2.45, 2.75) is 12.8 Å². The van der Waals surface area contributed by atoms with Crippen LogP contribution >= 0.6 is 0 Å². The Balaban J connectivity index is 0.000000250.